The van der Waals surface area contributed by atoms with Crippen LogP contribution in [0.5, 0.6) is 5.75 Å². The van der Waals surface area contributed by atoms with Crippen molar-refractivity contribution in [1.82, 2.24) is 19.6 Å². The predicted octanol–water partition coefficient (Wildman–Crippen LogP) is 2.71. The first kappa shape index (κ1) is 22.9. The molecule has 1 aliphatic heterocycles. The van der Waals surface area contributed by atoms with Crippen molar-refractivity contribution in [2.75, 3.05) is 25.6 Å². The van der Waals surface area contributed by atoms with Crippen molar-refractivity contribution in [2.24, 2.45) is 13.0 Å². The first-order valence-electron chi connectivity index (χ1n) is 11.5. The number of benzene rings is 1. The van der Waals surface area contributed by atoms with E-state index in [0.717, 1.165) is 12.8 Å². The lowest BCUT2D eigenvalue weighted by Gasteiger charge is -2.26. The molecule has 1 atom stereocenters. The topological polar surface area (TPSA) is 117 Å². The summed E-state index contributed by atoms with van der Waals surface area (Å²) in [5.74, 6) is 0.815. The summed E-state index contributed by atoms with van der Waals surface area (Å²) in [6, 6.07) is 4.53. The fourth-order valence-electron chi connectivity index (χ4n) is 4.63. The van der Waals surface area contributed by atoms with Gasteiger partial charge in [0.15, 0.2) is 15.7 Å². The maximum atomic E-state index is 13.5. The number of aromatic nitrogens is 4. The van der Waals surface area contributed by atoms with E-state index in [2.05, 4.69) is 15.5 Å². The average molecular weight is 488 g/mol. The quantitative estimate of drug-likeness (QED) is 0.519. The van der Waals surface area contributed by atoms with Crippen molar-refractivity contribution in [2.45, 2.75) is 48.3 Å². The number of fused-ring (bicyclic) bond motifs is 1. The van der Waals surface area contributed by atoms with Gasteiger partial charge in [-0.05, 0) is 50.2 Å². The lowest BCUT2D eigenvalue weighted by atomic mass is 9.92. The Bertz CT molecular complexity index is 1300. The number of amides is 1. The lowest BCUT2D eigenvalue weighted by Crippen LogP contribution is -2.30. The van der Waals surface area contributed by atoms with E-state index in [4.69, 9.17) is 9.47 Å². The number of ether oxygens (including phenoxy) is 2. The summed E-state index contributed by atoms with van der Waals surface area (Å²) in [6.45, 7) is 1.33. The summed E-state index contributed by atoms with van der Waals surface area (Å²) >= 11 is 0. The highest BCUT2D eigenvalue weighted by Crippen LogP contribution is 2.42. The van der Waals surface area contributed by atoms with E-state index in [1.54, 1.807) is 40.8 Å². The van der Waals surface area contributed by atoms with E-state index < -0.39 is 15.9 Å². The molecule has 10 nitrogen and oxygen atoms in total. The zero-order valence-corrected chi connectivity index (χ0v) is 20.1. The molecule has 0 radical (unpaired) electrons. The molecular weight excluding hydrogens is 458 g/mol. The normalized spacial score (nSPS) is 18.2. The van der Waals surface area contributed by atoms with Gasteiger partial charge >= 0.3 is 0 Å². The molecule has 1 N–H and O–H groups in total. The van der Waals surface area contributed by atoms with Crippen molar-refractivity contribution in [3.63, 3.8) is 0 Å². The molecule has 1 amide bonds. The van der Waals surface area contributed by atoms with Crippen LogP contribution in [-0.4, -0.2) is 59.5 Å². The Morgan fingerprint density at radius 3 is 2.65 bits per heavy atom. The van der Waals surface area contributed by atoms with Crippen molar-refractivity contribution in [1.29, 1.82) is 0 Å². The van der Waals surface area contributed by atoms with Gasteiger partial charge in [0.05, 0.1) is 24.1 Å². The molecule has 1 saturated heterocycles. The number of methoxy groups -OCH3 is 1. The Morgan fingerprint density at radius 2 is 2.00 bits per heavy atom. The molecule has 5 rings (SSSR count). The average Bonchev–Trinajstić information content (AvgIpc) is 3.51. The summed E-state index contributed by atoms with van der Waals surface area (Å²) in [5.41, 5.74) is 0.591. The van der Waals surface area contributed by atoms with E-state index in [1.165, 1.54) is 13.3 Å². The third kappa shape index (κ3) is 4.29. The van der Waals surface area contributed by atoms with Gasteiger partial charge in [0, 0.05) is 37.9 Å². The summed E-state index contributed by atoms with van der Waals surface area (Å²) in [4.78, 5) is 13.6. The molecular formula is C23H29N5O5S. The number of nitrogens with zero attached hydrogens (tertiary/aromatic N) is 4. The lowest BCUT2D eigenvalue weighted by molar-refractivity contribution is -0.120. The monoisotopic (exact) mass is 487 g/mol. The fourth-order valence-corrected chi connectivity index (χ4v) is 6.62. The summed E-state index contributed by atoms with van der Waals surface area (Å²) in [7, 11) is -0.302. The summed E-state index contributed by atoms with van der Waals surface area (Å²) < 4.78 is 40.7. The van der Waals surface area contributed by atoms with Crippen LogP contribution in [-0.2, 0) is 26.4 Å². The van der Waals surface area contributed by atoms with Crippen molar-refractivity contribution in [3.8, 4) is 5.75 Å². The van der Waals surface area contributed by atoms with E-state index in [9.17, 15) is 13.2 Å². The molecule has 182 valence electrons. The van der Waals surface area contributed by atoms with E-state index in [-0.39, 0.29) is 16.1 Å². The molecule has 1 aromatic carbocycles. The number of rotatable bonds is 8. The van der Waals surface area contributed by atoms with Crippen LogP contribution in [0.15, 0.2) is 35.5 Å². The van der Waals surface area contributed by atoms with E-state index >= 15 is 0 Å². The van der Waals surface area contributed by atoms with Crippen LogP contribution < -0.4 is 10.1 Å². The largest absolute Gasteiger partial charge is 0.495 e. The number of carbonyl (C=O) groups excluding carboxylic acids is 1. The standard InChI is InChI=1S/C23H29N5O5S/c1-27-10-7-21(26-27)25-23(29)19(13-15-8-11-33-12-9-15)28-18-5-6-20(32-2)22(17(18)14-24-28)34(30,31)16-3-4-16/h5-7,10,14-16,19H,3-4,8-9,11-13H2,1-2H3,(H,25,26,29). The minimum Gasteiger partial charge on any atom is -0.495 e. The molecule has 0 spiro atoms. The zero-order valence-electron chi connectivity index (χ0n) is 19.3. The second-order valence-electron chi connectivity index (χ2n) is 9.03. The van der Waals surface area contributed by atoms with Crippen molar-refractivity contribution >= 4 is 32.5 Å². The van der Waals surface area contributed by atoms with Gasteiger partial charge < -0.3 is 14.8 Å². The highest BCUT2D eigenvalue weighted by atomic mass is 32.2. The van der Waals surface area contributed by atoms with Crippen LogP contribution in [0.25, 0.3) is 10.9 Å². The highest BCUT2D eigenvalue weighted by molar-refractivity contribution is 7.92. The molecule has 1 aliphatic carbocycles. The van der Waals surface area contributed by atoms with Crippen LogP contribution in [0.1, 0.15) is 38.1 Å². The number of carbonyl (C=O) groups is 1. The SMILES string of the molecule is COc1ccc2c(cnn2C(CC2CCOCC2)C(=O)Nc2ccn(C)n2)c1S(=O)(=O)C1CC1. The second-order valence-corrected chi connectivity index (χ2v) is 11.2. The Kier molecular flexibility index (Phi) is 6.07. The Hall–Kier alpha value is -2.92. The fraction of sp³-hybridized carbons (Fsp3) is 0.522. The van der Waals surface area contributed by atoms with Gasteiger partial charge in [-0.3, -0.25) is 14.2 Å². The maximum Gasteiger partial charge on any atom is 0.250 e. The third-order valence-electron chi connectivity index (χ3n) is 6.62. The molecule has 34 heavy (non-hydrogen) atoms. The minimum atomic E-state index is -3.55. The van der Waals surface area contributed by atoms with Gasteiger partial charge in [-0.25, -0.2) is 8.42 Å². The number of hydrogen-bond donors (Lipinski definition) is 1. The third-order valence-corrected chi connectivity index (χ3v) is 8.96. The van der Waals surface area contributed by atoms with E-state index in [1.807, 2.05) is 0 Å². The molecule has 3 aromatic rings. The Balaban J connectivity index is 1.56. The van der Waals surface area contributed by atoms with Gasteiger partial charge in [0.1, 0.15) is 16.7 Å². The number of aryl methyl sites for hydroxylation is 1. The van der Waals surface area contributed by atoms with Gasteiger partial charge in [-0.15, -0.1) is 0 Å². The summed E-state index contributed by atoms with van der Waals surface area (Å²) in [5, 5.41) is 11.8. The molecule has 1 saturated carbocycles. The highest BCUT2D eigenvalue weighted by Gasteiger charge is 2.40. The smallest absolute Gasteiger partial charge is 0.250 e. The van der Waals surface area contributed by atoms with Gasteiger partial charge in [0.25, 0.3) is 0 Å². The van der Waals surface area contributed by atoms with Gasteiger partial charge in [-0.1, -0.05) is 0 Å². The molecule has 2 aromatic heterocycles. The van der Waals surface area contributed by atoms with Gasteiger partial charge in [-0.2, -0.15) is 10.2 Å². The predicted molar refractivity (Wildman–Crippen MR) is 126 cm³/mol. The van der Waals surface area contributed by atoms with Gasteiger partial charge in [0.2, 0.25) is 5.91 Å². The molecule has 1 unspecified atom stereocenters. The Morgan fingerprint density at radius 1 is 1.24 bits per heavy atom. The molecule has 2 aliphatic rings. The van der Waals surface area contributed by atoms with Crippen LogP contribution in [0.3, 0.4) is 0 Å². The Labute approximate surface area is 198 Å². The van der Waals surface area contributed by atoms with Crippen molar-refractivity contribution in [3.05, 3.63) is 30.6 Å². The van der Waals surface area contributed by atoms with Crippen LogP contribution in [0.4, 0.5) is 5.82 Å². The second kappa shape index (κ2) is 9.03. The number of anilines is 1. The van der Waals surface area contributed by atoms with Crippen molar-refractivity contribution < 1.29 is 22.7 Å². The molecule has 0 bridgehead atoms. The van der Waals surface area contributed by atoms with E-state index in [0.29, 0.717) is 60.9 Å². The summed E-state index contributed by atoms with van der Waals surface area (Å²) in [6.07, 6.45) is 6.88. The first-order valence-corrected chi connectivity index (χ1v) is 13.1. The molecule has 3 heterocycles. The molecule has 2 fully saturated rings. The first-order chi connectivity index (χ1) is 16.4. The number of hydrogen-bond acceptors (Lipinski definition) is 7. The van der Waals surface area contributed by atoms with Crippen LogP contribution >= 0.6 is 0 Å². The number of nitrogens with one attached hydrogen (secondary N) is 1. The molecule has 11 heteroatoms. The van der Waals surface area contributed by atoms with Crippen LogP contribution in [0.2, 0.25) is 0 Å². The zero-order chi connectivity index (χ0) is 23.9. The minimum absolute atomic E-state index is 0.163. The number of sulfone groups is 1. The van der Waals surface area contributed by atoms with Crippen LogP contribution in [0, 0.1) is 5.92 Å². The maximum absolute atomic E-state index is 13.5.